The van der Waals surface area contributed by atoms with Crippen molar-refractivity contribution in [2.24, 2.45) is 5.73 Å². The van der Waals surface area contributed by atoms with Crippen LogP contribution in [0, 0.1) is 6.92 Å². The first-order valence-electron chi connectivity index (χ1n) is 5.96. The number of hydrogen-bond acceptors (Lipinski definition) is 5. The van der Waals surface area contributed by atoms with Crippen LogP contribution >= 0.6 is 0 Å². The molecule has 1 aromatic heterocycles. The Balaban J connectivity index is 2.01. The van der Waals surface area contributed by atoms with Crippen molar-refractivity contribution in [1.82, 2.24) is 15.5 Å². The van der Waals surface area contributed by atoms with Gasteiger partial charge >= 0.3 is 0 Å². The summed E-state index contributed by atoms with van der Waals surface area (Å²) in [5.41, 5.74) is 7.80. The Labute approximate surface area is 111 Å². The lowest BCUT2D eigenvalue weighted by Gasteiger charge is -2.15. The fourth-order valence-electron chi connectivity index (χ4n) is 1.66. The van der Waals surface area contributed by atoms with E-state index in [1.807, 2.05) is 31.2 Å². The summed E-state index contributed by atoms with van der Waals surface area (Å²) < 4.78 is 4.63. The minimum atomic E-state index is -0.713. The highest BCUT2D eigenvalue weighted by Crippen LogP contribution is 2.13. The van der Waals surface area contributed by atoms with Crippen molar-refractivity contribution in [3.05, 3.63) is 47.6 Å². The van der Waals surface area contributed by atoms with Crippen LogP contribution in [0.15, 0.2) is 35.2 Å². The Bertz CT molecular complexity index is 536. The van der Waals surface area contributed by atoms with Crippen LogP contribution in [0.5, 0.6) is 0 Å². The van der Waals surface area contributed by atoms with E-state index in [1.165, 1.54) is 6.39 Å². The highest BCUT2D eigenvalue weighted by atomic mass is 16.5. The molecule has 6 nitrogen and oxygen atoms in total. The number of benzene rings is 1. The molecule has 0 bridgehead atoms. The van der Waals surface area contributed by atoms with Crippen LogP contribution < -0.4 is 11.1 Å². The third kappa shape index (κ3) is 3.17. The number of carbonyl (C=O) groups is 1. The molecule has 0 aliphatic carbocycles. The first-order chi connectivity index (χ1) is 9.08. The van der Waals surface area contributed by atoms with Gasteiger partial charge in [-0.2, -0.15) is 4.98 Å². The van der Waals surface area contributed by atoms with E-state index in [-0.39, 0.29) is 11.9 Å². The van der Waals surface area contributed by atoms with Crippen molar-refractivity contribution in [1.29, 1.82) is 0 Å². The lowest BCUT2D eigenvalue weighted by molar-refractivity contribution is -0.123. The average Bonchev–Trinajstić information content (AvgIpc) is 2.92. The van der Waals surface area contributed by atoms with Gasteiger partial charge in [0.15, 0.2) is 5.82 Å². The van der Waals surface area contributed by atoms with Gasteiger partial charge in [-0.05, 0) is 19.4 Å². The second-order valence-electron chi connectivity index (χ2n) is 4.41. The molecule has 2 aromatic rings. The van der Waals surface area contributed by atoms with Crippen molar-refractivity contribution in [3.8, 4) is 0 Å². The molecule has 0 fully saturated rings. The van der Waals surface area contributed by atoms with Crippen LogP contribution in [0.4, 0.5) is 0 Å². The molecule has 100 valence electrons. The largest absolute Gasteiger partial charge is 0.345 e. The van der Waals surface area contributed by atoms with Crippen LogP contribution in [-0.4, -0.2) is 16.0 Å². The highest BCUT2D eigenvalue weighted by molar-refractivity contribution is 5.83. The summed E-state index contributed by atoms with van der Waals surface area (Å²) in [5, 5.41) is 6.42. The van der Waals surface area contributed by atoms with Crippen molar-refractivity contribution >= 4 is 5.91 Å². The summed E-state index contributed by atoms with van der Waals surface area (Å²) in [4.78, 5) is 15.9. The molecular formula is C13H16N4O2. The quantitative estimate of drug-likeness (QED) is 0.863. The van der Waals surface area contributed by atoms with E-state index in [2.05, 4.69) is 20.0 Å². The zero-order chi connectivity index (χ0) is 13.8. The van der Waals surface area contributed by atoms with Crippen LogP contribution in [0.25, 0.3) is 0 Å². The molecule has 3 N–H and O–H groups in total. The highest BCUT2D eigenvalue weighted by Gasteiger charge is 2.20. The van der Waals surface area contributed by atoms with Gasteiger partial charge in [-0.3, -0.25) is 4.79 Å². The maximum absolute atomic E-state index is 12.0. The Morgan fingerprint density at radius 1 is 1.37 bits per heavy atom. The number of carbonyl (C=O) groups excluding carboxylic acids is 1. The lowest BCUT2D eigenvalue weighted by atomic mass is 10.1. The maximum Gasteiger partial charge on any atom is 0.242 e. The molecule has 0 radical (unpaired) electrons. The summed E-state index contributed by atoms with van der Waals surface area (Å²) in [6, 6.07) is 6.48. The molecule has 6 heteroatoms. The van der Waals surface area contributed by atoms with Gasteiger partial charge in [-0.1, -0.05) is 35.0 Å². The van der Waals surface area contributed by atoms with Crippen molar-refractivity contribution in [2.45, 2.75) is 25.9 Å². The molecule has 2 unspecified atom stereocenters. The third-order valence-corrected chi connectivity index (χ3v) is 2.84. The second kappa shape index (κ2) is 5.62. The Hall–Kier alpha value is -2.21. The van der Waals surface area contributed by atoms with Crippen LogP contribution in [0.2, 0.25) is 0 Å². The van der Waals surface area contributed by atoms with Gasteiger partial charge in [0.05, 0.1) is 6.04 Å². The summed E-state index contributed by atoms with van der Waals surface area (Å²) in [6.45, 7) is 3.75. The topological polar surface area (TPSA) is 94.0 Å². The standard InChI is InChI=1S/C13H16N4O2/c1-8-3-5-10(6-4-8)11(14)13(18)16-9(2)12-15-7-19-17-12/h3-7,9,11H,14H2,1-2H3,(H,16,18). The van der Waals surface area contributed by atoms with Gasteiger partial charge in [0.1, 0.15) is 6.04 Å². The predicted molar refractivity (Wildman–Crippen MR) is 69.0 cm³/mol. The number of nitrogens with zero attached hydrogens (tertiary/aromatic N) is 2. The van der Waals surface area contributed by atoms with Crippen molar-refractivity contribution < 1.29 is 9.32 Å². The van der Waals surface area contributed by atoms with E-state index in [9.17, 15) is 4.79 Å². The van der Waals surface area contributed by atoms with Gasteiger partial charge < -0.3 is 15.6 Å². The summed E-state index contributed by atoms with van der Waals surface area (Å²) >= 11 is 0. The number of aryl methyl sites for hydroxylation is 1. The lowest BCUT2D eigenvalue weighted by Crippen LogP contribution is -2.36. The molecule has 0 aliphatic heterocycles. The molecule has 0 saturated heterocycles. The second-order valence-corrected chi connectivity index (χ2v) is 4.41. The van der Waals surface area contributed by atoms with E-state index >= 15 is 0 Å². The monoisotopic (exact) mass is 260 g/mol. The minimum absolute atomic E-state index is 0.277. The molecule has 2 rings (SSSR count). The van der Waals surface area contributed by atoms with E-state index < -0.39 is 6.04 Å². The normalized spacial score (nSPS) is 13.8. The molecule has 1 heterocycles. The van der Waals surface area contributed by atoms with E-state index in [4.69, 9.17) is 5.73 Å². The zero-order valence-electron chi connectivity index (χ0n) is 10.8. The van der Waals surface area contributed by atoms with E-state index in [0.29, 0.717) is 5.82 Å². The number of amides is 1. The molecule has 1 aromatic carbocycles. The molecular weight excluding hydrogens is 244 g/mol. The van der Waals surface area contributed by atoms with E-state index in [0.717, 1.165) is 11.1 Å². The maximum atomic E-state index is 12.0. The molecule has 0 saturated carbocycles. The van der Waals surface area contributed by atoms with Gasteiger partial charge in [-0.15, -0.1) is 0 Å². The van der Waals surface area contributed by atoms with Gasteiger partial charge in [0.25, 0.3) is 0 Å². The van der Waals surface area contributed by atoms with Crippen LogP contribution in [-0.2, 0) is 4.79 Å². The molecule has 0 aliphatic rings. The number of nitrogens with two attached hydrogens (primary N) is 1. The third-order valence-electron chi connectivity index (χ3n) is 2.84. The number of rotatable bonds is 4. The average molecular weight is 260 g/mol. The summed E-state index contributed by atoms with van der Waals surface area (Å²) in [5.74, 6) is 0.144. The fraction of sp³-hybridized carbons (Fsp3) is 0.308. The fourth-order valence-corrected chi connectivity index (χ4v) is 1.66. The first kappa shape index (κ1) is 13.2. The van der Waals surface area contributed by atoms with Gasteiger partial charge in [-0.25, -0.2) is 0 Å². The Morgan fingerprint density at radius 3 is 2.63 bits per heavy atom. The van der Waals surface area contributed by atoms with Crippen LogP contribution in [0.1, 0.15) is 36.0 Å². The summed E-state index contributed by atoms with van der Waals surface area (Å²) in [6.07, 6.45) is 1.22. The Morgan fingerprint density at radius 2 is 2.05 bits per heavy atom. The number of hydrogen-bond donors (Lipinski definition) is 2. The van der Waals surface area contributed by atoms with E-state index in [1.54, 1.807) is 6.92 Å². The zero-order valence-corrected chi connectivity index (χ0v) is 10.8. The van der Waals surface area contributed by atoms with Gasteiger partial charge in [0.2, 0.25) is 12.3 Å². The van der Waals surface area contributed by atoms with Gasteiger partial charge in [0, 0.05) is 0 Å². The summed E-state index contributed by atoms with van der Waals surface area (Å²) in [7, 11) is 0. The molecule has 0 spiro atoms. The molecule has 2 atom stereocenters. The predicted octanol–water partition coefficient (Wildman–Crippen LogP) is 1.26. The SMILES string of the molecule is Cc1ccc(C(N)C(=O)NC(C)c2ncon2)cc1. The first-order valence-corrected chi connectivity index (χ1v) is 5.96. The smallest absolute Gasteiger partial charge is 0.242 e. The molecule has 19 heavy (non-hydrogen) atoms. The van der Waals surface area contributed by atoms with Crippen molar-refractivity contribution in [2.75, 3.05) is 0 Å². The minimum Gasteiger partial charge on any atom is -0.345 e. The molecule has 1 amide bonds. The Kier molecular flexibility index (Phi) is 3.91. The number of aromatic nitrogens is 2. The van der Waals surface area contributed by atoms with Crippen molar-refractivity contribution in [3.63, 3.8) is 0 Å². The van der Waals surface area contributed by atoms with Crippen LogP contribution in [0.3, 0.4) is 0 Å². The number of nitrogens with one attached hydrogen (secondary N) is 1.